The van der Waals surface area contributed by atoms with Crippen molar-refractivity contribution in [3.8, 4) is 5.82 Å². The fourth-order valence-electron chi connectivity index (χ4n) is 4.31. The highest BCUT2D eigenvalue weighted by atomic mass is 16.1. The molecule has 6 heteroatoms. The number of rotatable bonds is 3. The van der Waals surface area contributed by atoms with Crippen molar-refractivity contribution in [3.63, 3.8) is 0 Å². The van der Waals surface area contributed by atoms with Crippen molar-refractivity contribution in [2.75, 3.05) is 5.32 Å². The van der Waals surface area contributed by atoms with E-state index in [1.165, 1.54) is 6.42 Å². The number of hydrogen-bond acceptors (Lipinski definition) is 4. The van der Waals surface area contributed by atoms with Gasteiger partial charge >= 0.3 is 0 Å². The van der Waals surface area contributed by atoms with E-state index in [1.807, 2.05) is 24.4 Å². The molecule has 24 heavy (non-hydrogen) atoms. The summed E-state index contributed by atoms with van der Waals surface area (Å²) in [5.74, 6) is 1.76. The third-order valence-corrected chi connectivity index (χ3v) is 5.55. The van der Waals surface area contributed by atoms with Crippen molar-refractivity contribution in [2.24, 2.45) is 23.5 Å². The van der Waals surface area contributed by atoms with Gasteiger partial charge in [-0.25, -0.2) is 9.67 Å². The van der Waals surface area contributed by atoms with E-state index < -0.39 is 0 Å². The maximum atomic E-state index is 12.8. The van der Waals surface area contributed by atoms with Crippen LogP contribution in [0.2, 0.25) is 0 Å². The second kappa shape index (κ2) is 6.36. The minimum Gasteiger partial charge on any atom is -0.327 e. The van der Waals surface area contributed by atoms with Gasteiger partial charge in [0.2, 0.25) is 5.91 Å². The number of carbonyl (C=O) groups is 1. The fourth-order valence-corrected chi connectivity index (χ4v) is 4.31. The summed E-state index contributed by atoms with van der Waals surface area (Å²) < 4.78 is 1.67. The van der Waals surface area contributed by atoms with Gasteiger partial charge in [-0.2, -0.15) is 5.10 Å². The maximum absolute atomic E-state index is 12.8. The number of pyridine rings is 1. The number of nitrogens with zero attached hydrogens (tertiary/aromatic N) is 3. The van der Waals surface area contributed by atoms with Gasteiger partial charge in [0.15, 0.2) is 5.82 Å². The molecule has 2 aliphatic carbocycles. The minimum absolute atomic E-state index is 0.0470. The largest absolute Gasteiger partial charge is 0.327 e. The van der Waals surface area contributed by atoms with Crippen molar-refractivity contribution >= 4 is 11.6 Å². The molecule has 126 valence electrons. The first kappa shape index (κ1) is 15.3. The first-order chi connectivity index (χ1) is 11.7. The van der Waals surface area contributed by atoms with Gasteiger partial charge in [-0.1, -0.05) is 6.42 Å². The lowest BCUT2D eigenvalue weighted by molar-refractivity contribution is -0.122. The lowest BCUT2D eigenvalue weighted by atomic mass is 9.65. The molecule has 2 aromatic heterocycles. The minimum atomic E-state index is 0.0470. The van der Waals surface area contributed by atoms with Crippen LogP contribution in [-0.4, -0.2) is 26.7 Å². The molecular formula is C18H23N5O. The second-order valence-electron chi connectivity index (χ2n) is 7.01. The predicted molar refractivity (Wildman–Crippen MR) is 91.5 cm³/mol. The normalized spacial score (nSPS) is 29.2. The third kappa shape index (κ3) is 2.82. The molecule has 2 aromatic rings. The molecule has 0 spiro atoms. The van der Waals surface area contributed by atoms with Crippen molar-refractivity contribution in [1.29, 1.82) is 0 Å². The van der Waals surface area contributed by atoms with Gasteiger partial charge in [-0.05, 0) is 55.7 Å². The molecule has 2 saturated carbocycles. The van der Waals surface area contributed by atoms with E-state index in [1.54, 1.807) is 17.1 Å². The van der Waals surface area contributed by atoms with Crippen LogP contribution in [-0.2, 0) is 4.79 Å². The number of hydrogen-bond donors (Lipinski definition) is 2. The van der Waals surface area contributed by atoms with E-state index >= 15 is 0 Å². The van der Waals surface area contributed by atoms with Gasteiger partial charge in [0.1, 0.15) is 0 Å². The Bertz CT molecular complexity index is 700. The van der Waals surface area contributed by atoms with Gasteiger partial charge in [0.05, 0.1) is 5.69 Å². The summed E-state index contributed by atoms with van der Waals surface area (Å²) in [4.78, 5) is 17.2. The third-order valence-electron chi connectivity index (χ3n) is 5.55. The highest BCUT2D eigenvalue weighted by Gasteiger charge is 2.40. The summed E-state index contributed by atoms with van der Waals surface area (Å²) >= 11 is 0. The fraction of sp³-hybridized carbons (Fsp3) is 0.500. The molecule has 0 saturated heterocycles. The van der Waals surface area contributed by atoms with Gasteiger partial charge in [-0.3, -0.25) is 4.79 Å². The number of nitrogens with two attached hydrogens (primary N) is 1. The Morgan fingerprint density at radius 3 is 2.71 bits per heavy atom. The summed E-state index contributed by atoms with van der Waals surface area (Å²) in [6.45, 7) is 0. The van der Waals surface area contributed by atoms with Crippen LogP contribution in [0.15, 0.2) is 36.8 Å². The molecule has 0 aromatic carbocycles. The lowest BCUT2D eigenvalue weighted by Crippen LogP contribution is -2.48. The Balaban J connectivity index is 1.51. The van der Waals surface area contributed by atoms with Gasteiger partial charge in [0, 0.05) is 30.6 Å². The van der Waals surface area contributed by atoms with Crippen molar-refractivity contribution in [3.05, 3.63) is 36.8 Å². The number of carbonyl (C=O) groups excluding carboxylic acids is 1. The Morgan fingerprint density at radius 1 is 1.21 bits per heavy atom. The van der Waals surface area contributed by atoms with Gasteiger partial charge in [0.25, 0.3) is 0 Å². The summed E-state index contributed by atoms with van der Waals surface area (Å²) in [5.41, 5.74) is 7.03. The SMILES string of the molecule is NC1C2CCCC1CC(C(=O)Nc1cccnc1-n1cccn1)C2. The number of aromatic nitrogens is 3. The average Bonchev–Trinajstić information content (AvgIpc) is 3.09. The Morgan fingerprint density at radius 2 is 2.00 bits per heavy atom. The summed E-state index contributed by atoms with van der Waals surface area (Å²) in [6, 6.07) is 5.82. The average molecular weight is 325 g/mol. The van der Waals surface area contributed by atoms with E-state index in [0.717, 1.165) is 25.7 Å². The molecule has 2 bridgehead atoms. The first-order valence-corrected chi connectivity index (χ1v) is 8.74. The zero-order valence-corrected chi connectivity index (χ0v) is 13.6. The molecule has 1 amide bonds. The first-order valence-electron chi connectivity index (χ1n) is 8.74. The standard InChI is InChI=1S/C18H23N5O/c19-16-12-4-1-5-13(16)11-14(10-12)18(24)22-15-6-2-7-20-17(15)23-9-3-8-21-23/h2-3,6-9,12-14,16H,1,4-5,10-11,19H2,(H,22,24). The van der Waals surface area contributed by atoms with E-state index in [-0.39, 0.29) is 17.9 Å². The van der Waals surface area contributed by atoms with Crippen molar-refractivity contribution < 1.29 is 4.79 Å². The molecule has 3 N–H and O–H groups in total. The smallest absolute Gasteiger partial charge is 0.227 e. The van der Waals surface area contributed by atoms with E-state index in [0.29, 0.717) is 23.3 Å². The zero-order valence-electron chi connectivity index (χ0n) is 13.6. The van der Waals surface area contributed by atoms with E-state index in [9.17, 15) is 4.79 Å². The molecule has 2 unspecified atom stereocenters. The monoisotopic (exact) mass is 325 g/mol. The van der Waals surface area contributed by atoms with Crippen LogP contribution in [0.4, 0.5) is 5.69 Å². The molecule has 0 radical (unpaired) electrons. The quantitative estimate of drug-likeness (QED) is 0.907. The molecular weight excluding hydrogens is 302 g/mol. The molecule has 4 rings (SSSR count). The predicted octanol–water partition coefficient (Wildman–Crippen LogP) is 2.36. The van der Waals surface area contributed by atoms with Crippen LogP contribution in [0.3, 0.4) is 0 Å². The van der Waals surface area contributed by atoms with Crippen LogP contribution in [0, 0.1) is 17.8 Å². The zero-order chi connectivity index (χ0) is 16.5. The topological polar surface area (TPSA) is 85.8 Å². The summed E-state index contributed by atoms with van der Waals surface area (Å²) in [6.07, 6.45) is 10.6. The molecule has 2 fully saturated rings. The number of nitrogens with one attached hydrogen (secondary N) is 1. The summed E-state index contributed by atoms with van der Waals surface area (Å²) in [5, 5.41) is 7.28. The molecule has 2 heterocycles. The van der Waals surface area contributed by atoms with Gasteiger partial charge in [-0.15, -0.1) is 0 Å². The number of fused-ring (bicyclic) bond motifs is 2. The molecule has 6 nitrogen and oxygen atoms in total. The lowest BCUT2D eigenvalue weighted by Gasteiger charge is -2.43. The Kier molecular flexibility index (Phi) is 4.06. The molecule has 2 aliphatic rings. The summed E-state index contributed by atoms with van der Waals surface area (Å²) in [7, 11) is 0. The number of anilines is 1. The second-order valence-corrected chi connectivity index (χ2v) is 7.01. The maximum Gasteiger partial charge on any atom is 0.227 e. The molecule has 0 aliphatic heterocycles. The Labute approximate surface area is 141 Å². The van der Waals surface area contributed by atoms with Crippen LogP contribution in [0.5, 0.6) is 0 Å². The Hall–Kier alpha value is -2.21. The van der Waals surface area contributed by atoms with Crippen LogP contribution in [0.25, 0.3) is 5.82 Å². The van der Waals surface area contributed by atoms with E-state index in [2.05, 4.69) is 15.4 Å². The van der Waals surface area contributed by atoms with Crippen LogP contribution in [0.1, 0.15) is 32.1 Å². The highest BCUT2D eigenvalue weighted by molar-refractivity contribution is 5.94. The van der Waals surface area contributed by atoms with E-state index in [4.69, 9.17) is 5.73 Å². The van der Waals surface area contributed by atoms with Crippen molar-refractivity contribution in [1.82, 2.24) is 14.8 Å². The van der Waals surface area contributed by atoms with Crippen LogP contribution >= 0.6 is 0 Å². The van der Waals surface area contributed by atoms with Crippen molar-refractivity contribution in [2.45, 2.75) is 38.1 Å². The number of amides is 1. The van der Waals surface area contributed by atoms with Crippen LogP contribution < -0.4 is 11.1 Å². The highest BCUT2D eigenvalue weighted by Crippen LogP contribution is 2.42. The van der Waals surface area contributed by atoms with Gasteiger partial charge < -0.3 is 11.1 Å². The molecule has 2 atom stereocenters.